The molecule has 0 aliphatic carbocycles. The molecule has 0 spiro atoms. The largest absolute Gasteiger partial charge is 0.493 e. The van der Waals surface area contributed by atoms with E-state index in [2.05, 4.69) is 15.6 Å². The molecule has 2 N–H and O–H groups in total. The van der Waals surface area contributed by atoms with E-state index in [4.69, 9.17) is 26.2 Å². The lowest BCUT2D eigenvalue weighted by molar-refractivity contribution is -0.137. The van der Waals surface area contributed by atoms with Crippen LogP contribution in [0, 0.1) is 0 Å². The first kappa shape index (κ1) is 18.5. The summed E-state index contributed by atoms with van der Waals surface area (Å²) >= 11 is 6.14. The van der Waals surface area contributed by atoms with Gasteiger partial charge < -0.3 is 19.9 Å². The van der Waals surface area contributed by atoms with E-state index in [9.17, 15) is 9.59 Å². The van der Waals surface area contributed by atoms with Crippen LogP contribution in [0.5, 0.6) is 11.5 Å². The Morgan fingerprint density at radius 3 is 2.80 bits per heavy atom. The molecule has 134 valence electrons. The quantitative estimate of drug-likeness (QED) is 0.722. The highest BCUT2D eigenvalue weighted by molar-refractivity contribution is 6.32. The Bertz CT molecular complexity index is 777. The molecule has 25 heavy (non-hydrogen) atoms. The minimum Gasteiger partial charge on any atom is -0.493 e. The molecule has 0 bridgehead atoms. The van der Waals surface area contributed by atoms with E-state index in [1.54, 1.807) is 0 Å². The number of hydrogen-bond acceptors (Lipinski definition) is 6. The standard InChI is InChI=1S/C15H17ClN4O5/c1-3-25-14-11(16)4-9(5-12(14)24-2)15(23)17-6-10-7-20(19-18-10)8-13(21)22/h4-5,7H,3,6,8H2,1-2H3,(H,17,23)(H,21,22). The minimum absolute atomic E-state index is 0.0889. The summed E-state index contributed by atoms with van der Waals surface area (Å²) in [4.78, 5) is 22.9. The van der Waals surface area contributed by atoms with Crippen molar-refractivity contribution >= 4 is 23.5 Å². The first-order chi connectivity index (χ1) is 11.9. The van der Waals surface area contributed by atoms with Gasteiger partial charge in [-0.25, -0.2) is 4.68 Å². The molecule has 0 saturated heterocycles. The van der Waals surface area contributed by atoms with Gasteiger partial charge in [-0.1, -0.05) is 16.8 Å². The molecule has 1 aromatic heterocycles. The van der Waals surface area contributed by atoms with Gasteiger partial charge in [-0.05, 0) is 19.1 Å². The van der Waals surface area contributed by atoms with E-state index in [0.717, 1.165) is 0 Å². The predicted molar refractivity (Wildman–Crippen MR) is 88.0 cm³/mol. The molecule has 9 nitrogen and oxygen atoms in total. The summed E-state index contributed by atoms with van der Waals surface area (Å²) < 4.78 is 11.8. The fourth-order valence-corrected chi connectivity index (χ4v) is 2.31. The summed E-state index contributed by atoms with van der Waals surface area (Å²) in [5, 5.41) is 19.0. The van der Waals surface area contributed by atoms with Crippen molar-refractivity contribution < 1.29 is 24.2 Å². The van der Waals surface area contributed by atoms with Crippen molar-refractivity contribution in [2.45, 2.75) is 20.0 Å². The number of carboxylic acids is 1. The molecule has 1 heterocycles. The second-order valence-electron chi connectivity index (χ2n) is 4.91. The van der Waals surface area contributed by atoms with Gasteiger partial charge in [-0.15, -0.1) is 5.10 Å². The lowest BCUT2D eigenvalue weighted by Gasteiger charge is -2.13. The van der Waals surface area contributed by atoms with E-state index in [-0.39, 0.29) is 18.1 Å². The summed E-state index contributed by atoms with van der Waals surface area (Å²) in [5.41, 5.74) is 0.724. The van der Waals surface area contributed by atoms with Crippen LogP contribution in [0.2, 0.25) is 5.02 Å². The topological polar surface area (TPSA) is 116 Å². The van der Waals surface area contributed by atoms with Crippen LogP contribution in [0.15, 0.2) is 18.3 Å². The minimum atomic E-state index is -1.03. The van der Waals surface area contributed by atoms with E-state index in [0.29, 0.717) is 29.4 Å². The average Bonchev–Trinajstić information content (AvgIpc) is 3.01. The van der Waals surface area contributed by atoms with Crippen LogP contribution >= 0.6 is 11.6 Å². The number of ether oxygens (including phenoxy) is 2. The summed E-state index contributed by atoms with van der Waals surface area (Å²) in [6.07, 6.45) is 1.44. The highest BCUT2D eigenvalue weighted by Crippen LogP contribution is 2.36. The van der Waals surface area contributed by atoms with Crippen LogP contribution in [-0.2, 0) is 17.9 Å². The maximum absolute atomic E-state index is 12.3. The van der Waals surface area contributed by atoms with Gasteiger partial charge in [0.25, 0.3) is 5.91 Å². The number of nitrogens with one attached hydrogen (secondary N) is 1. The van der Waals surface area contributed by atoms with Gasteiger partial charge in [0.15, 0.2) is 11.5 Å². The predicted octanol–water partition coefficient (Wildman–Crippen LogP) is 1.35. The Morgan fingerprint density at radius 1 is 1.40 bits per heavy atom. The fraction of sp³-hybridized carbons (Fsp3) is 0.333. The van der Waals surface area contributed by atoms with Gasteiger partial charge in [0.2, 0.25) is 0 Å². The second kappa shape index (κ2) is 8.34. The number of aromatic nitrogens is 3. The zero-order valence-electron chi connectivity index (χ0n) is 13.7. The average molecular weight is 369 g/mol. The van der Waals surface area contributed by atoms with Crippen molar-refractivity contribution in [1.82, 2.24) is 20.3 Å². The van der Waals surface area contributed by atoms with Crippen molar-refractivity contribution in [2.75, 3.05) is 13.7 Å². The highest BCUT2D eigenvalue weighted by Gasteiger charge is 2.16. The fourth-order valence-electron chi connectivity index (χ4n) is 2.04. The van der Waals surface area contributed by atoms with Crippen LogP contribution < -0.4 is 14.8 Å². The van der Waals surface area contributed by atoms with Crippen LogP contribution in [0.25, 0.3) is 0 Å². The molecule has 1 aromatic carbocycles. The molecule has 0 fully saturated rings. The number of methoxy groups -OCH3 is 1. The molecule has 0 atom stereocenters. The number of amides is 1. The number of aliphatic carboxylic acids is 1. The molecule has 0 aliphatic rings. The summed E-state index contributed by atoms with van der Waals surface area (Å²) in [5.74, 6) is -0.695. The zero-order valence-corrected chi connectivity index (χ0v) is 14.4. The third kappa shape index (κ3) is 4.83. The molecular formula is C15H17ClN4O5. The molecule has 0 saturated carbocycles. The van der Waals surface area contributed by atoms with E-state index >= 15 is 0 Å². The number of carbonyl (C=O) groups is 2. The number of rotatable bonds is 8. The van der Waals surface area contributed by atoms with Crippen molar-refractivity contribution in [3.63, 3.8) is 0 Å². The monoisotopic (exact) mass is 368 g/mol. The van der Waals surface area contributed by atoms with Crippen molar-refractivity contribution in [2.24, 2.45) is 0 Å². The molecule has 1 amide bonds. The summed E-state index contributed by atoms with van der Waals surface area (Å²) in [7, 11) is 1.45. The van der Waals surface area contributed by atoms with Crippen LogP contribution in [0.3, 0.4) is 0 Å². The van der Waals surface area contributed by atoms with Crippen molar-refractivity contribution in [3.05, 3.63) is 34.6 Å². The van der Waals surface area contributed by atoms with Crippen molar-refractivity contribution in [3.8, 4) is 11.5 Å². The second-order valence-corrected chi connectivity index (χ2v) is 5.31. The molecule has 2 rings (SSSR count). The Morgan fingerprint density at radius 2 is 2.16 bits per heavy atom. The van der Waals surface area contributed by atoms with E-state index in [1.807, 2.05) is 6.92 Å². The molecule has 0 aliphatic heterocycles. The Hall–Kier alpha value is -2.81. The SMILES string of the molecule is CCOc1c(Cl)cc(C(=O)NCc2cn(CC(=O)O)nn2)cc1OC. The third-order valence-electron chi connectivity index (χ3n) is 3.09. The highest BCUT2D eigenvalue weighted by atomic mass is 35.5. The smallest absolute Gasteiger partial charge is 0.325 e. The van der Waals surface area contributed by atoms with Gasteiger partial charge in [0.05, 0.1) is 31.5 Å². The molecule has 10 heteroatoms. The number of nitrogens with zero attached hydrogens (tertiary/aromatic N) is 3. The molecule has 0 radical (unpaired) electrons. The lowest BCUT2D eigenvalue weighted by atomic mass is 10.2. The number of hydrogen-bond donors (Lipinski definition) is 2. The third-order valence-corrected chi connectivity index (χ3v) is 3.37. The first-order valence-electron chi connectivity index (χ1n) is 7.34. The molecular weight excluding hydrogens is 352 g/mol. The van der Waals surface area contributed by atoms with E-state index < -0.39 is 11.9 Å². The van der Waals surface area contributed by atoms with Crippen LogP contribution in [0.4, 0.5) is 0 Å². The van der Waals surface area contributed by atoms with Gasteiger partial charge >= 0.3 is 5.97 Å². The molecule has 0 unspecified atom stereocenters. The van der Waals surface area contributed by atoms with Crippen LogP contribution in [-0.4, -0.2) is 45.7 Å². The number of halogens is 1. The number of carboxylic acid groups (broad SMARTS) is 1. The van der Waals surface area contributed by atoms with Gasteiger partial charge in [0, 0.05) is 5.56 Å². The number of benzene rings is 1. The Kier molecular flexibility index (Phi) is 6.18. The maximum atomic E-state index is 12.3. The van der Waals surface area contributed by atoms with Gasteiger partial charge in [-0.3, -0.25) is 9.59 Å². The molecule has 2 aromatic rings. The van der Waals surface area contributed by atoms with Crippen LogP contribution in [0.1, 0.15) is 23.0 Å². The summed E-state index contributed by atoms with van der Waals surface area (Å²) in [6.45, 7) is 2.01. The maximum Gasteiger partial charge on any atom is 0.325 e. The normalized spacial score (nSPS) is 10.4. The lowest BCUT2D eigenvalue weighted by Crippen LogP contribution is -2.23. The zero-order chi connectivity index (χ0) is 18.4. The van der Waals surface area contributed by atoms with Gasteiger partial charge in [0.1, 0.15) is 12.2 Å². The Labute approximate surface area is 148 Å². The van der Waals surface area contributed by atoms with Crippen molar-refractivity contribution in [1.29, 1.82) is 0 Å². The Balaban J connectivity index is 2.06. The summed E-state index contributed by atoms with van der Waals surface area (Å²) in [6, 6.07) is 3.00. The number of carbonyl (C=O) groups excluding carboxylic acids is 1. The van der Waals surface area contributed by atoms with Gasteiger partial charge in [-0.2, -0.15) is 0 Å². The first-order valence-corrected chi connectivity index (χ1v) is 7.71. The van der Waals surface area contributed by atoms with E-state index in [1.165, 1.54) is 30.1 Å².